The highest BCUT2D eigenvalue weighted by atomic mass is 32.2. The Labute approximate surface area is 122 Å². The number of thiazole rings is 1. The Kier molecular flexibility index (Phi) is 4.69. The summed E-state index contributed by atoms with van der Waals surface area (Å²) in [5, 5.41) is 3.59. The number of hydrogen-bond donors (Lipinski definition) is 2. The van der Waals surface area contributed by atoms with Gasteiger partial charge in [0.15, 0.2) is 0 Å². The first-order chi connectivity index (χ1) is 9.55. The molecule has 108 valence electrons. The Hall–Kier alpha value is -1.51. The zero-order chi connectivity index (χ0) is 14.6. The van der Waals surface area contributed by atoms with Crippen molar-refractivity contribution >= 4 is 27.2 Å². The summed E-state index contributed by atoms with van der Waals surface area (Å²) in [5.74, 6) is 0.622. The van der Waals surface area contributed by atoms with Gasteiger partial charge in [-0.15, -0.1) is 11.3 Å². The molecule has 2 aromatic heterocycles. The smallest absolute Gasteiger partial charge is 0.242 e. The van der Waals surface area contributed by atoms with E-state index < -0.39 is 10.0 Å². The number of nitrogens with zero attached hydrogens (tertiary/aromatic N) is 2. The maximum Gasteiger partial charge on any atom is 0.242 e. The maximum absolute atomic E-state index is 12.1. The summed E-state index contributed by atoms with van der Waals surface area (Å²) in [6.07, 6.45) is 4.00. The van der Waals surface area contributed by atoms with Crippen molar-refractivity contribution in [2.45, 2.75) is 24.8 Å². The molecule has 0 aliphatic heterocycles. The minimum atomic E-state index is -3.55. The second-order valence-corrected chi connectivity index (χ2v) is 6.99. The molecule has 2 N–H and O–H groups in total. The number of aromatic nitrogens is 2. The van der Waals surface area contributed by atoms with Crippen LogP contribution in [0.15, 0.2) is 29.4 Å². The first-order valence-electron chi connectivity index (χ1n) is 6.12. The number of sulfonamides is 1. The summed E-state index contributed by atoms with van der Waals surface area (Å²) < 4.78 is 26.7. The lowest BCUT2D eigenvalue weighted by atomic mass is 10.4. The number of aryl methyl sites for hydroxylation is 1. The molecule has 2 rings (SSSR count). The van der Waals surface area contributed by atoms with E-state index in [9.17, 15) is 8.42 Å². The molecule has 0 radical (unpaired) electrons. The molecule has 0 saturated heterocycles. The molecule has 6 nitrogen and oxygen atoms in total. The largest absolute Gasteiger partial charge is 0.373 e. The van der Waals surface area contributed by atoms with Crippen molar-refractivity contribution in [1.82, 2.24) is 14.7 Å². The maximum atomic E-state index is 12.1. The minimum absolute atomic E-state index is 0.142. The standard InChI is InChI=1S/C12H16N4O2S2/c1-3-9-6-15-12(19-9)8-16-20(17,18)10-4-5-11(13-2)14-7-10/h4-7,16H,3,8H2,1-2H3,(H,13,14). The summed E-state index contributed by atoms with van der Waals surface area (Å²) in [6, 6.07) is 3.13. The zero-order valence-electron chi connectivity index (χ0n) is 11.3. The van der Waals surface area contributed by atoms with E-state index in [1.807, 2.05) is 6.92 Å². The molecule has 0 bridgehead atoms. The number of pyridine rings is 1. The van der Waals surface area contributed by atoms with Crippen LogP contribution in [0, 0.1) is 0 Å². The minimum Gasteiger partial charge on any atom is -0.373 e. The van der Waals surface area contributed by atoms with Gasteiger partial charge in [-0.3, -0.25) is 0 Å². The molecule has 0 saturated carbocycles. The Bertz CT molecular complexity index is 665. The fraction of sp³-hybridized carbons (Fsp3) is 0.333. The summed E-state index contributed by atoms with van der Waals surface area (Å²) >= 11 is 1.51. The molecule has 0 aliphatic carbocycles. The van der Waals surface area contributed by atoms with Gasteiger partial charge in [-0.2, -0.15) is 0 Å². The zero-order valence-corrected chi connectivity index (χ0v) is 12.9. The molecule has 0 aromatic carbocycles. The lowest BCUT2D eigenvalue weighted by Gasteiger charge is -2.05. The van der Waals surface area contributed by atoms with Crippen molar-refractivity contribution in [1.29, 1.82) is 0 Å². The monoisotopic (exact) mass is 312 g/mol. The average molecular weight is 312 g/mol. The molecule has 0 unspecified atom stereocenters. The number of hydrogen-bond acceptors (Lipinski definition) is 6. The molecule has 0 atom stereocenters. The normalized spacial score (nSPS) is 11.5. The SMILES string of the molecule is CCc1cnc(CNS(=O)(=O)c2ccc(NC)nc2)s1. The highest BCUT2D eigenvalue weighted by Gasteiger charge is 2.15. The van der Waals surface area contributed by atoms with E-state index >= 15 is 0 Å². The molecule has 0 aliphatic rings. The molecule has 0 spiro atoms. The van der Waals surface area contributed by atoms with Gasteiger partial charge >= 0.3 is 0 Å². The number of rotatable bonds is 6. The fourth-order valence-electron chi connectivity index (χ4n) is 1.52. The van der Waals surface area contributed by atoms with E-state index in [0.717, 1.165) is 16.3 Å². The molecular weight excluding hydrogens is 296 g/mol. The van der Waals surface area contributed by atoms with Gasteiger partial charge in [-0.1, -0.05) is 6.92 Å². The molecular formula is C12H16N4O2S2. The molecule has 0 fully saturated rings. The molecule has 8 heteroatoms. The third-order valence-corrected chi connectivity index (χ3v) is 5.19. The summed E-state index contributed by atoms with van der Waals surface area (Å²) in [5.41, 5.74) is 0. The van der Waals surface area contributed by atoms with Gasteiger partial charge < -0.3 is 5.32 Å². The first-order valence-corrected chi connectivity index (χ1v) is 8.42. The number of nitrogens with one attached hydrogen (secondary N) is 2. The van der Waals surface area contributed by atoms with Crippen molar-refractivity contribution in [2.24, 2.45) is 0 Å². The van der Waals surface area contributed by atoms with Crippen LogP contribution < -0.4 is 10.0 Å². The second-order valence-electron chi connectivity index (χ2n) is 4.03. The Morgan fingerprint density at radius 2 is 2.05 bits per heavy atom. The van der Waals surface area contributed by atoms with Crippen LogP contribution in [0.3, 0.4) is 0 Å². The van der Waals surface area contributed by atoms with Gasteiger partial charge in [0.2, 0.25) is 10.0 Å². The fourth-order valence-corrected chi connectivity index (χ4v) is 3.35. The van der Waals surface area contributed by atoms with Crippen LogP contribution in [0.25, 0.3) is 0 Å². The van der Waals surface area contributed by atoms with Crippen molar-refractivity contribution < 1.29 is 8.42 Å². The molecule has 2 aromatic rings. The van der Waals surface area contributed by atoms with Gasteiger partial charge in [0, 0.05) is 24.3 Å². The first kappa shape index (κ1) is 14.9. The predicted octanol–water partition coefficient (Wildman–Crippen LogP) is 1.62. The highest BCUT2D eigenvalue weighted by molar-refractivity contribution is 7.89. The van der Waals surface area contributed by atoms with Crippen molar-refractivity contribution in [3.05, 3.63) is 34.4 Å². The van der Waals surface area contributed by atoms with Crippen LogP contribution in [0.4, 0.5) is 5.82 Å². The van der Waals surface area contributed by atoms with Crippen LogP contribution in [0.5, 0.6) is 0 Å². The predicted molar refractivity (Wildman–Crippen MR) is 79.3 cm³/mol. The van der Waals surface area contributed by atoms with Crippen molar-refractivity contribution in [2.75, 3.05) is 12.4 Å². The third-order valence-electron chi connectivity index (χ3n) is 2.67. The topological polar surface area (TPSA) is 84.0 Å². The van der Waals surface area contributed by atoms with E-state index in [1.165, 1.54) is 23.6 Å². The highest BCUT2D eigenvalue weighted by Crippen LogP contribution is 2.15. The third kappa shape index (κ3) is 3.53. The van der Waals surface area contributed by atoms with E-state index in [4.69, 9.17) is 0 Å². The Morgan fingerprint density at radius 3 is 2.60 bits per heavy atom. The van der Waals surface area contributed by atoms with E-state index in [1.54, 1.807) is 19.3 Å². The molecule has 20 heavy (non-hydrogen) atoms. The second kappa shape index (κ2) is 6.29. The van der Waals surface area contributed by atoms with E-state index in [-0.39, 0.29) is 11.4 Å². The summed E-state index contributed by atoms with van der Waals surface area (Å²) in [6.45, 7) is 2.23. The van der Waals surface area contributed by atoms with Gasteiger partial charge in [0.05, 0.1) is 6.54 Å². The van der Waals surface area contributed by atoms with E-state index in [0.29, 0.717) is 5.82 Å². The van der Waals surface area contributed by atoms with Crippen LogP contribution in [-0.2, 0) is 23.0 Å². The van der Waals surface area contributed by atoms with Crippen LogP contribution in [0.2, 0.25) is 0 Å². The lowest BCUT2D eigenvalue weighted by Crippen LogP contribution is -2.23. The van der Waals surface area contributed by atoms with Crippen LogP contribution in [-0.4, -0.2) is 25.4 Å². The van der Waals surface area contributed by atoms with Crippen molar-refractivity contribution in [3.63, 3.8) is 0 Å². The van der Waals surface area contributed by atoms with Gasteiger partial charge in [-0.05, 0) is 18.6 Å². The lowest BCUT2D eigenvalue weighted by molar-refractivity contribution is 0.580. The van der Waals surface area contributed by atoms with Gasteiger partial charge in [0.1, 0.15) is 15.7 Å². The Balaban J connectivity index is 2.06. The molecule has 0 amide bonds. The average Bonchev–Trinajstić information content (AvgIpc) is 2.93. The van der Waals surface area contributed by atoms with Crippen LogP contribution >= 0.6 is 11.3 Å². The van der Waals surface area contributed by atoms with Crippen molar-refractivity contribution in [3.8, 4) is 0 Å². The van der Waals surface area contributed by atoms with Crippen LogP contribution in [0.1, 0.15) is 16.8 Å². The quantitative estimate of drug-likeness (QED) is 0.847. The summed E-state index contributed by atoms with van der Waals surface area (Å²) in [4.78, 5) is 9.45. The Morgan fingerprint density at radius 1 is 1.25 bits per heavy atom. The molecule has 2 heterocycles. The number of anilines is 1. The summed E-state index contributed by atoms with van der Waals surface area (Å²) in [7, 11) is -1.83. The van der Waals surface area contributed by atoms with Gasteiger partial charge in [-0.25, -0.2) is 23.1 Å². The van der Waals surface area contributed by atoms with Gasteiger partial charge in [0.25, 0.3) is 0 Å². The van der Waals surface area contributed by atoms with E-state index in [2.05, 4.69) is 20.0 Å².